The fourth-order valence-electron chi connectivity index (χ4n) is 3.57. The molecule has 1 aliphatic rings. The molecule has 0 aromatic heterocycles. The molecule has 2 aromatic rings. The van der Waals surface area contributed by atoms with Gasteiger partial charge in [0.2, 0.25) is 0 Å². The molecule has 0 saturated carbocycles. The maximum Gasteiger partial charge on any atom is 0.164 e. The molecule has 5 nitrogen and oxygen atoms in total. The van der Waals surface area contributed by atoms with Crippen LogP contribution in [0.25, 0.3) is 10.8 Å². The van der Waals surface area contributed by atoms with Crippen LogP contribution in [0.2, 0.25) is 0 Å². The van der Waals surface area contributed by atoms with Gasteiger partial charge in [-0.3, -0.25) is 0 Å². The molecule has 0 amide bonds. The highest BCUT2D eigenvalue weighted by Gasteiger charge is 2.25. The Morgan fingerprint density at radius 1 is 0.875 bits per heavy atom. The van der Waals surface area contributed by atoms with Gasteiger partial charge in [-0.1, -0.05) is 0 Å². The van der Waals surface area contributed by atoms with Crippen molar-refractivity contribution in [1.29, 1.82) is 0 Å². The highest BCUT2D eigenvalue weighted by molar-refractivity contribution is 5.93. The van der Waals surface area contributed by atoms with E-state index in [1.807, 2.05) is 18.2 Å². The Morgan fingerprint density at radius 3 is 2.12 bits per heavy atom. The van der Waals surface area contributed by atoms with Gasteiger partial charge in [0.25, 0.3) is 0 Å². The van der Waals surface area contributed by atoms with Gasteiger partial charge >= 0.3 is 0 Å². The lowest BCUT2D eigenvalue weighted by molar-refractivity contribution is 0.345. The summed E-state index contributed by atoms with van der Waals surface area (Å²) in [5.74, 6) is 3.38. The molecule has 1 unspecified atom stereocenters. The minimum Gasteiger partial charge on any atom is -0.493 e. The van der Waals surface area contributed by atoms with Crippen molar-refractivity contribution in [2.45, 2.75) is 18.8 Å². The van der Waals surface area contributed by atoms with E-state index in [1.165, 1.54) is 5.56 Å². The molecule has 130 valence electrons. The van der Waals surface area contributed by atoms with E-state index >= 15 is 0 Å². The van der Waals surface area contributed by atoms with Gasteiger partial charge in [-0.15, -0.1) is 0 Å². The van der Waals surface area contributed by atoms with E-state index in [0.29, 0.717) is 11.7 Å². The SMILES string of the molecule is COc1cc2cc(OC)c(OC)c(C3CCCNC3)c2cc1OC. The Labute approximate surface area is 142 Å². The van der Waals surface area contributed by atoms with Gasteiger partial charge in [-0.2, -0.15) is 0 Å². The normalized spacial score (nSPS) is 17.6. The summed E-state index contributed by atoms with van der Waals surface area (Å²) in [4.78, 5) is 0. The number of ether oxygens (including phenoxy) is 4. The number of piperidine rings is 1. The number of hydrogen-bond donors (Lipinski definition) is 1. The molecule has 3 rings (SSSR count). The fourth-order valence-corrected chi connectivity index (χ4v) is 3.57. The lowest BCUT2D eigenvalue weighted by atomic mass is 9.86. The molecule has 0 bridgehead atoms. The van der Waals surface area contributed by atoms with Crippen LogP contribution in [-0.2, 0) is 0 Å². The molecule has 1 saturated heterocycles. The zero-order chi connectivity index (χ0) is 17.1. The van der Waals surface area contributed by atoms with Gasteiger partial charge < -0.3 is 24.3 Å². The van der Waals surface area contributed by atoms with E-state index in [2.05, 4.69) is 5.32 Å². The number of hydrogen-bond acceptors (Lipinski definition) is 5. The number of benzene rings is 2. The summed E-state index contributed by atoms with van der Waals surface area (Å²) in [6, 6.07) is 6.03. The lowest BCUT2D eigenvalue weighted by Gasteiger charge is -2.27. The maximum atomic E-state index is 5.73. The maximum absolute atomic E-state index is 5.73. The molecule has 1 atom stereocenters. The van der Waals surface area contributed by atoms with Gasteiger partial charge in [0, 0.05) is 18.0 Å². The van der Waals surface area contributed by atoms with E-state index < -0.39 is 0 Å². The van der Waals surface area contributed by atoms with Crippen LogP contribution in [0.3, 0.4) is 0 Å². The van der Waals surface area contributed by atoms with Crippen molar-refractivity contribution in [3.63, 3.8) is 0 Å². The van der Waals surface area contributed by atoms with Crippen LogP contribution in [0.5, 0.6) is 23.0 Å². The van der Waals surface area contributed by atoms with Crippen molar-refractivity contribution in [3.05, 3.63) is 23.8 Å². The third kappa shape index (κ3) is 2.84. The molecule has 24 heavy (non-hydrogen) atoms. The first-order valence-electron chi connectivity index (χ1n) is 8.24. The van der Waals surface area contributed by atoms with E-state index in [9.17, 15) is 0 Å². The Bertz CT molecular complexity index is 718. The van der Waals surface area contributed by atoms with E-state index in [0.717, 1.165) is 54.0 Å². The zero-order valence-corrected chi connectivity index (χ0v) is 14.8. The summed E-state index contributed by atoms with van der Waals surface area (Å²) in [6.07, 6.45) is 2.28. The second-order valence-electron chi connectivity index (χ2n) is 6.00. The molecule has 1 heterocycles. The van der Waals surface area contributed by atoms with Crippen LogP contribution in [0, 0.1) is 0 Å². The molecular weight excluding hydrogens is 306 g/mol. The summed E-state index contributed by atoms with van der Waals surface area (Å²) in [6.45, 7) is 2.00. The van der Waals surface area contributed by atoms with E-state index in [-0.39, 0.29) is 0 Å². The van der Waals surface area contributed by atoms with Gasteiger partial charge in [-0.25, -0.2) is 0 Å². The number of methoxy groups -OCH3 is 4. The minimum atomic E-state index is 0.379. The Kier molecular flexibility index (Phi) is 5.00. The summed E-state index contributed by atoms with van der Waals surface area (Å²) in [5, 5.41) is 5.67. The van der Waals surface area contributed by atoms with Crippen molar-refractivity contribution in [1.82, 2.24) is 5.32 Å². The van der Waals surface area contributed by atoms with Gasteiger partial charge in [-0.05, 0) is 48.4 Å². The number of fused-ring (bicyclic) bond motifs is 1. The highest BCUT2D eigenvalue weighted by atomic mass is 16.5. The third-order valence-electron chi connectivity index (χ3n) is 4.73. The highest BCUT2D eigenvalue weighted by Crippen LogP contribution is 2.46. The van der Waals surface area contributed by atoms with E-state index in [1.54, 1.807) is 28.4 Å². The van der Waals surface area contributed by atoms with Crippen LogP contribution in [-0.4, -0.2) is 41.5 Å². The summed E-state index contributed by atoms with van der Waals surface area (Å²) in [5.41, 5.74) is 1.18. The quantitative estimate of drug-likeness (QED) is 0.910. The largest absolute Gasteiger partial charge is 0.493 e. The van der Waals surface area contributed by atoms with Crippen LogP contribution < -0.4 is 24.3 Å². The van der Waals surface area contributed by atoms with Crippen molar-refractivity contribution in [2.75, 3.05) is 41.5 Å². The van der Waals surface area contributed by atoms with Gasteiger partial charge in [0.1, 0.15) is 0 Å². The van der Waals surface area contributed by atoms with Crippen LogP contribution in [0.1, 0.15) is 24.3 Å². The monoisotopic (exact) mass is 331 g/mol. The topological polar surface area (TPSA) is 49.0 Å². The van der Waals surface area contributed by atoms with Crippen molar-refractivity contribution in [2.24, 2.45) is 0 Å². The molecule has 0 radical (unpaired) electrons. The number of rotatable bonds is 5. The Hall–Kier alpha value is -2.14. The fraction of sp³-hybridized carbons (Fsp3) is 0.474. The summed E-state index contributed by atoms with van der Waals surface area (Å²) < 4.78 is 22.3. The van der Waals surface area contributed by atoms with Crippen molar-refractivity contribution >= 4 is 10.8 Å². The lowest BCUT2D eigenvalue weighted by Crippen LogP contribution is -2.28. The average Bonchev–Trinajstić information content (AvgIpc) is 2.65. The van der Waals surface area contributed by atoms with E-state index in [4.69, 9.17) is 18.9 Å². The van der Waals surface area contributed by atoms with Crippen LogP contribution >= 0.6 is 0 Å². The minimum absolute atomic E-state index is 0.379. The van der Waals surface area contributed by atoms with Crippen LogP contribution in [0.15, 0.2) is 18.2 Å². The summed E-state index contributed by atoms with van der Waals surface area (Å²) in [7, 11) is 6.68. The predicted octanol–water partition coefficient (Wildman–Crippen LogP) is 3.34. The zero-order valence-electron chi connectivity index (χ0n) is 14.8. The van der Waals surface area contributed by atoms with Crippen LogP contribution in [0.4, 0.5) is 0 Å². The molecule has 0 spiro atoms. The molecule has 2 aromatic carbocycles. The predicted molar refractivity (Wildman–Crippen MR) is 95.0 cm³/mol. The molecule has 1 N–H and O–H groups in total. The first-order chi connectivity index (χ1) is 11.7. The van der Waals surface area contributed by atoms with Gasteiger partial charge in [0.15, 0.2) is 23.0 Å². The average molecular weight is 331 g/mol. The Morgan fingerprint density at radius 2 is 1.54 bits per heavy atom. The molecule has 5 heteroatoms. The summed E-state index contributed by atoms with van der Waals surface area (Å²) >= 11 is 0. The molecule has 1 aliphatic heterocycles. The number of nitrogens with one attached hydrogen (secondary N) is 1. The third-order valence-corrected chi connectivity index (χ3v) is 4.73. The smallest absolute Gasteiger partial charge is 0.164 e. The first kappa shape index (κ1) is 16.7. The molecule has 1 fully saturated rings. The molecule has 0 aliphatic carbocycles. The molecular formula is C19H25NO4. The second-order valence-corrected chi connectivity index (χ2v) is 6.00. The second kappa shape index (κ2) is 7.18. The van der Waals surface area contributed by atoms with Gasteiger partial charge in [0.05, 0.1) is 28.4 Å². The first-order valence-corrected chi connectivity index (χ1v) is 8.24. The Balaban J connectivity index is 2.30. The van der Waals surface area contributed by atoms with Crippen molar-refractivity contribution in [3.8, 4) is 23.0 Å². The van der Waals surface area contributed by atoms with Crippen molar-refractivity contribution < 1.29 is 18.9 Å². The standard InChI is InChI=1S/C19H25NO4/c1-21-15-8-13-9-17(23-3)19(24-4)18(12-6-5-7-20-11-12)14(13)10-16(15)22-2/h8-10,12,20H,5-7,11H2,1-4H3.